The second kappa shape index (κ2) is 11.7. The molecular weight excluding hydrogens is 472 g/mol. The zero-order chi connectivity index (χ0) is 23.9. The van der Waals surface area contributed by atoms with Crippen LogP contribution < -0.4 is 9.80 Å². The van der Waals surface area contributed by atoms with Crippen LogP contribution in [0.2, 0.25) is 5.02 Å². The minimum atomic E-state index is 0.458. The van der Waals surface area contributed by atoms with Gasteiger partial charge >= 0.3 is 0 Å². The zero-order valence-electron chi connectivity index (χ0n) is 19.8. The lowest BCUT2D eigenvalue weighted by molar-refractivity contribution is 0.624. The molecule has 5 rings (SSSR count). The number of nitrogens with zero attached hydrogens (tertiary/aromatic N) is 4. The van der Waals surface area contributed by atoms with Crippen molar-refractivity contribution in [2.45, 2.75) is 29.5 Å². The highest BCUT2D eigenvalue weighted by atomic mass is 35.5. The van der Waals surface area contributed by atoms with Crippen molar-refractivity contribution in [3.63, 3.8) is 0 Å². The van der Waals surface area contributed by atoms with Crippen LogP contribution in [-0.2, 0) is 13.0 Å². The number of benzene rings is 3. The van der Waals surface area contributed by atoms with Crippen molar-refractivity contribution in [1.82, 2.24) is 9.55 Å². The van der Waals surface area contributed by atoms with Crippen molar-refractivity contribution >= 4 is 34.7 Å². The molecule has 1 saturated heterocycles. The van der Waals surface area contributed by atoms with Crippen molar-refractivity contribution in [2.24, 2.45) is 0 Å². The van der Waals surface area contributed by atoms with Crippen molar-refractivity contribution in [3.05, 3.63) is 108 Å². The molecule has 0 N–H and O–H groups in total. The molecule has 0 aliphatic carbocycles. The van der Waals surface area contributed by atoms with Crippen LogP contribution in [0.3, 0.4) is 0 Å². The van der Waals surface area contributed by atoms with Crippen LogP contribution in [0.15, 0.2) is 102 Å². The van der Waals surface area contributed by atoms with E-state index in [9.17, 15) is 0 Å². The summed E-state index contributed by atoms with van der Waals surface area (Å²) in [6.45, 7) is 5.15. The summed E-state index contributed by atoms with van der Waals surface area (Å²) in [6.07, 6.45) is 7.94. The number of hydrogen-bond acceptors (Lipinski definition) is 4. The molecule has 1 aliphatic rings. The number of thioether (sulfide) groups is 1. The van der Waals surface area contributed by atoms with Crippen LogP contribution >= 0.6 is 23.4 Å². The molecule has 35 heavy (non-hydrogen) atoms. The molecule has 1 aromatic heterocycles. The fourth-order valence-corrected chi connectivity index (χ4v) is 5.87. The maximum absolute atomic E-state index is 6.06. The molecule has 0 spiro atoms. The maximum atomic E-state index is 6.06. The first-order valence-corrected chi connectivity index (χ1v) is 13.5. The van der Waals surface area contributed by atoms with Gasteiger partial charge in [-0.3, -0.25) is 0 Å². The van der Waals surface area contributed by atoms with Crippen LogP contribution in [0.4, 0.5) is 11.4 Å². The van der Waals surface area contributed by atoms with E-state index < -0.39 is 0 Å². The number of piperazine rings is 1. The molecular formula is C29H31ClN4S. The molecule has 0 amide bonds. The SMILES string of the molecule is Clc1ccc(CCC(Cn2ccnc2)Sc2ccc(N3CCN(c4ccccc4)CC3)cc2)cc1. The largest absolute Gasteiger partial charge is 0.368 e. The Morgan fingerprint density at radius 1 is 0.800 bits per heavy atom. The summed E-state index contributed by atoms with van der Waals surface area (Å²) in [5, 5.41) is 1.25. The lowest BCUT2D eigenvalue weighted by atomic mass is 10.1. The summed E-state index contributed by atoms with van der Waals surface area (Å²) in [5.74, 6) is 0. The van der Waals surface area contributed by atoms with Crippen LogP contribution in [0.25, 0.3) is 0 Å². The fraction of sp³-hybridized carbons (Fsp3) is 0.276. The smallest absolute Gasteiger partial charge is 0.0946 e. The number of rotatable bonds is 9. The Hall–Kier alpha value is -2.89. The van der Waals surface area contributed by atoms with Gasteiger partial charge < -0.3 is 14.4 Å². The minimum Gasteiger partial charge on any atom is -0.368 e. The van der Waals surface area contributed by atoms with Crippen LogP contribution in [0.1, 0.15) is 12.0 Å². The number of halogens is 1. The van der Waals surface area contributed by atoms with Crippen LogP contribution in [-0.4, -0.2) is 41.0 Å². The monoisotopic (exact) mass is 502 g/mol. The molecule has 0 bridgehead atoms. The topological polar surface area (TPSA) is 24.3 Å². The van der Waals surface area contributed by atoms with E-state index in [-0.39, 0.29) is 0 Å². The number of hydrogen-bond donors (Lipinski definition) is 0. The molecule has 0 saturated carbocycles. The van der Waals surface area contributed by atoms with Crippen molar-refractivity contribution < 1.29 is 0 Å². The average Bonchev–Trinajstić information content (AvgIpc) is 3.42. The molecule has 1 aliphatic heterocycles. The second-order valence-electron chi connectivity index (χ2n) is 8.97. The zero-order valence-corrected chi connectivity index (χ0v) is 21.4. The first kappa shape index (κ1) is 23.8. The third-order valence-corrected chi connectivity index (χ3v) is 8.06. The van der Waals surface area contributed by atoms with Gasteiger partial charge in [-0.15, -0.1) is 11.8 Å². The number of aromatic nitrogens is 2. The average molecular weight is 503 g/mol. The van der Waals surface area contributed by atoms with Gasteiger partial charge in [-0.2, -0.15) is 0 Å². The Labute approximate surface area is 217 Å². The van der Waals surface area contributed by atoms with E-state index in [0.29, 0.717) is 5.25 Å². The molecule has 1 fully saturated rings. The van der Waals surface area contributed by atoms with Crippen molar-refractivity contribution in [3.8, 4) is 0 Å². The highest BCUT2D eigenvalue weighted by molar-refractivity contribution is 8.00. The normalized spacial score (nSPS) is 14.8. The predicted octanol–water partition coefficient (Wildman–Crippen LogP) is 6.66. The molecule has 0 radical (unpaired) electrons. The summed E-state index contributed by atoms with van der Waals surface area (Å²) in [4.78, 5) is 10.5. The highest BCUT2D eigenvalue weighted by Gasteiger charge is 2.18. The van der Waals surface area contributed by atoms with E-state index in [1.165, 1.54) is 21.8 Å². The van der Waals surface area contributed by atoms with Gasteiger partial charge in [-0.25, -0.2) is 4.98 Å². The molecule has 4 aromatic rings. The molecule has 1 unspecified atom stereocenters. The lowest BCUT2D eigenvalue weighted by Gasteiger charge is -2.37. The number of para-hydroxylation sites is 1. The standard InChI is InChI=1S/C29H31ClN4S/c30-25-9-6-24(7-10-25)8-13-29(22-32-17-16-31-23-32)35-28-14-11-27(12-15-28)34-20-18-33(19-21-34)26-4-2-1-3-5-26/h1-7,9-12,14-17,23,29H,8,13,18-22H2. The van der Waals surface area contributed by atoms with Crippen molar-refractivity contribution in [2.75, 3.05) is 36.0 Å². The summed E-state index contributed by atoms with van der Waals surface area (Å²) < 4.78 is 2.18. The maximum Gasteiger partial charge on any atom is 0.0946 e. The Morgan fingerprint density at radius 3 is 2.09 bits per heavy atom. The Balaban J connectivity index is 1.19. The Bertz CT molecular complexity index is 1160. The summed E-state index contributed by atoms with van der Waals surface area (Å²) in [7, 11) is 0. The van der Waals surface area contributed by atoms with Crippen LogP contribution in [0.5, 0.6) is 0 Å². The molecule has 3 aromatic carbocycles. The lowest BCUT2D eigenvalue weighted by Crippen LogP contribution is -2.46. The third-order valence-electron chi connectivity index (χ3n) is 6.55. The van der Waals surface area contributed by atoms with E-state index in [1.807, 2.05) is 42.6 Å². The van der Waals surface area contributed by atoms with Gasteiger partial charge in [0.05, 0.1) is 6.33 Å². The van der Waals surface area contributed by atoms with Gasteiger partial charge in [-0.1, -0.05) is 41.9 Å². The highest BCUT2D eigenvalue weighted by Crippen LogP contribution is 2.30. The van der Waals surface area contributed by atoms with Gasteiger partial charge in [-0.05, 0) is 66.9 Å². The van der Waals surface area contributed by atoms with Gasteiger partial charge in [0, 0.05) is 71.7 Å². The number of aryl methyl sites for hydroxylation is 1. The second-order valence-corrected chi connectivity index (χ2v) is 10.8. The van der Waals surface area contributed by atoms with E-state index in [1.54, 1.807) is 0 Å². The van der Waals surface area contributed by atoms with E-state index >= 15 is 0 Å². The van der Waals surface area contributed by atoms with E-state index in [0.717, 1.165) is 50.6 Å². The predicted molar refractivity (Wildman–Crippen MR) is 149 cm³/mol. The Kier molecular flexibility index (Phi) is 7.96. The van der Waals surface area contributed by atoms with E-state index in [4.69, 9.17) is 11.6 Å². The summed E-state index contributed by atoms with van der Waals surface area (Å²) in [5.41, 5.74) is 3.96. The molecule has 180 valence electrons. The number of anilines is 2. The quantitative estimate of drug-likeness (QED) is 0.239. The summed E-state index contributed by atoms with van der Waals surface area (Å²) >= 11 is 8.02. The fourth-order valence-electron chi connectivity index (χ4n) is 4.59. The first-order chi connectivity index (χ1) is 17.2. The Morgan fingerprint density at radius 2 is 1.46 bits per heavy atom. The van der Waals surface area contributed by atoms with Gasteiger partial charge in [0.1, 0.15) is 0 Å². The summed E-state index contributed by atoms with van der Waals surface area (Å²) in [6, 6.07) is 28.1. The molecule has 6 heteroatoms. The van der Waals surface area contributed by atoms with E-state index in [2.05, 4.69) is 86.1 Å². The first-order valence-electron chi connectivity index (χ1n) is 12.2. The third kappa shape index (κ3) is 6.62. The molecule has 2 heterocycles. The van der Waals surface area contributed by atoms with Crippen LogP contribution in [0, 0.1) is 0 Å². The van der Waals surface area contributed by atoms with Gasteiger partial charge in [0.25, 0.3) is 0 Å². The number of imidazole rings is 1. The van der Waals surface area contributed by atoms with Crippen molar-refractivity contribution in [1.29, 1.82) is 0 Å². The van der Waals surface area contributed by atoms with Gasteiger partial charge in [0.15, 0.2) is 0 Å². The minimum absolute atomic E-state index is 0.458. The molecule has 1 atom stereocenters. The van der Waals surface area contributed by atoms with Gasteiger partial charge in [0.2, 0.25) is 0 Å². The molecule has 4 nitrogen and oxygen atoms in total.